The molecule has 0 spiro atoms. The quantitative estimate of drug-likeness (QED) is 0.159. The van der Waals surface area contributed by atoms with Gasteiger partial charge in [-0.1, -0.05) is 151 Å². The molecule has 0 radical (unpaired) electrons. The van der Waals surface area contributed by atoms with Gasteiger partial charge in [0, 0.05) is 39.0 Å². The Labute approximate surface area is 409 Å². The molecule has 2 nitrogen and oxygen atoms in total. The number of furan rings is 1. The zero-order valence-electron chi connectivity index (χ0n) is 65.9. The van der Waals surface area contributed by atoms with Crippen molar-refractivity contribution < 1.29 is 49.7 Å². The molecule has 0 aliphatic carbocycles. The smallest absolute Gasteiger partial charge is 0.143 e. The minimum Gasteiger partial charge on any atom is -0.455 e. The summed E-state index contributed by atoms with van der Waals surface area (Å²) in [5, 5.41) is -3.41. The van der Waals surface area contributed by atoms with Gasteiger partial charge in [0.2, 0.25) is 0 Å². The van der Waals surface area contributed by atoms with E-state index in [1.807, 2.05) is 0 Å². The predicted molar refractivity (Wildman–Crippen MR) is 264 cm³/mol. The standard InChI is InChI=1S/C60H45NO/c1-38-18-11-13-25-49(38)54-35-45(42-19-7-5-8-20-42)36-55(40(54)3)58-41(4)59-53-33-31-47(37-57(53)62-60(59)52-28-16-15-27-51(52)58)61(56-29-17-24-44-23-12-14-26-50(44)56)46-30-32-48(39(2)34-46)43-21-9-6-10-22-43/h5-37H,1-4H3/i5D,6D,7D,8D,9D,10D,11D,12D,13D,14D,15D,16D,17D,18D,19D,20D,21D,22D,23D,24D,25D,26D,27D,28D,29D,30D,31D,32D,33D,34D,35D,36D,37D. The lowest BCUT2D eigenvalue weighted by atomic mass is 9.83. The summed E-state index contributed by atoms with van der Waals surface area (Å²) >= 11 is 0. The van der Waals surface area contributed by atoms with Crippen LogP contribution in [0.1, 0.15) is 67.5 Å². The van der Waals surface area contributed by atoms with Crippen LogP contribution in [0.5, 0.6) is 0 Å². The molecule has 1 aromatic heterocycles. The van der Waals surface area contributed by atoms with Crippen LogP contribution in [0.15, 0.2) is 204 Å². The van der Waals surface area contributed by atoms with E-state index in [-0.39, 0.29) is 33.2 Å². The second-order valence-electron chi connectivity index (χ2n) is 14.0. The molecule has 296 valence electrons. The molecule has 11 rings (SSSR count). The number of benzene rings is 10. The monoisotopic (exact) mass is 829 g/mol. The third kappa shape index (κ3) is 6.18. The lowest BCUT2D eigenvalue weighted by Gasteiger charge is -2.27. The van der Waals surface area contributed by atoms with Gasteiger partial charge in [0.25, 0.3) is 0 Å². The Hall–Kier alpha value is -7.68. The molecule has 0 saturated heterocycles. The highest BCUT2D eigenvalue weighted by Gasteiger charge is 2.24. The molecule has 0 saturated carbocycles. The molecule has 0 N–H and O–H groups in total. The second-order valence-corrected chi connectivity index (χ2v) is 14.0. The van der Waals surface area contributed by atoms with Gasteiger partial charge in [0.15, 0.2) is 0 Å². The molecule has 62 heavy (non-hydrogen) atoms. The molecule has 11 aromatic rings. The van der Waals surface area contributed by atoms with Crippen LogP contribution in [0.3, 0.4) is 0 Å². The van der Waals surface area contributed by atoms with E-state index in [1.165, 1.54) is 20.8 Å². The maximum Gasteiger partial charge on any atom is 0.143 e. The third-order valence-corrected chi connectivity index (χ3v) is 10.4. The fourth-order valence-electron chi connectivity index (χ4n) is 7.58. The zero-order valence-corrected chi connectivity index (χ0v) is 32.9. The molecule has 0 aliphatic rings. The van der Waals surface area contributed by atoms with Crippen LogP contribution in [0.4, 0.5) is 17.1 Å². The Balaban J connectivity index is 1.38. The fourth-order valence-corrected chi connectivity index (χ4v) is 7.58. The molecule has 0 aliphatic heterocycles. The highest BCUT2D eigenvalue weighted by molar-refractivity contribution is 6.22. The van der Waals surface area contributed by atoms with Gasteiger partial charge in [-0.25, -0.2) is 0 Å². The van der Waals surface area contributed by atoms with Gasteiger partial charge in [0.1, 0.15) is 11.2 Å². The normalized spacial score (nSPS) is 19.0. The lowest BCUT2D eigenvalue weighted by molar-refractivity contribution is 0.672. The summed E-state index contributed by atoms with van der Waals surface area (Å²) in [5.74, 6) is 0. The molecule has 0 atom stereocenters. The van der Waals surface area contributed by atoms with E-state index in [1.54, 1.807) is 0 Å². The minimum absolute atomic E-state index is 0.160. The van der Waals surface area contributed by atoms with Crippen molar-refractivity contribution in [1.29, 1.82) is 0 Å². The Morgan fingerprint density at radius 3 is 1.84 bits per heavy atom. The van der Waals surface area contributed by atoms with Gasteiger partial charge in [-0.05, 0) is 148 Å². The first-order chi connectivity index (χ1) is 44.2. The third-order valence-electron chi connectivity index (χ3n) is 10.4. The van der Waals surface area contributed by atoms with E-state index in [2.05, 4.69) is 0 Å². The summed E-state index contributed by atoms with van der Waals surface area (Å²) in [4.78, 5) is 0.558. The Morgan fingerprint density at radius 1 is 0.403 bits per heavy atom. The highest BCUT2D eigenvalue weighted by Crippen LogP contribution is 2.48. The van der Waals surface area contributed by atoms with Crippen molar-refractivity contribution in [3.05, 3.63) is 222 Å². The molecule has 0 amide bonds. The molecular formula is C60H45NO. The number of fused-ring (bicyclic) bond motifs is 6. The minimum atomic E-state index is -1.13. The average Bonchev–Trinajstić information content (AvgIpc) is 1.67. The molecule has 10 aromatic carbocycles. The average molecular weight is 829 g/mol. The number of hydrogen-bond acceptors (Lipinski definition) is 2. The molecule has 0 bridgehead atoms. The molecule has 0 fully saturated rings. The van der Waals surface area contributed by atoms with Crippen molar-refractivity contribution in [3.63, 3.8) is 0 Å². The van der Waals surface area contributed by atoms with Crippen molar-refractivity contribution >= 4 is 60.5 Å². The molecule has 2 heteroatoms. The van der Waals surface area contributed by atoms with E-state index in [0.29, 0.717) is 4.90 Å². The molecule has 1 heterocycles. The largest absolute Gasteiger partial charge is 0.455 e. The Morgan fingerprint density at radius 2 is 1.03 bits per heavy atom. The Kier molecular flexibility index (Phi) is 3.97. The van der Waals surface area contributed by atoms with Gasteiger partial charge in [-0.2, -0.15) is 0 Å². The topological polar surface area (TPSA) is 16.4 Å². The van der Waals surface area contributed by atoms with Crippen LogP contribution in [0.2, 0.25) is 0 Å². The van der Waals surface area contributed by atoms with Crippen LogP contribution in [0.25, 0.3) is 88.0 Å². The fraction of sp³-hybridized carbons (Fsp3) is 0.0667. The van der Waals surface area contributed by atoms with Crippen LogP contribution in [0, 0.1) is 27.7 Å². The summed E-state index contributed by atoms with van der Waals surface area (Å²) in [6.45, 7) is 5.08. The van der Waals surface area contributed by atoms with Crippen molar-refractivity contribution in [3.8, 4) is 44.5 Å². The molecular weight excluding hydrogens is 751 g/mol. The van der Waals surface area contributed by atoms with Crippen LogP contribution in [-0.4, -0.2) is 0 Å². The van der Waals surface area contributed by atoms with Crippen molar-refractivity contribution in [2.75, 3.05) is 4.90 Å². The maximum absolute atomic E-state index is 10.3. The van der Waals surface area contributed by atoms with Crippen molar-refractivity contribution in [2.24, 2.45) is 0 Å². The summed E-state index contributed by atoms with van der Waals surface area (Å²) < 4.78 is 309. The van der Waals surface area contributed by atoms with Crippen molar-refractivity contribution in [1.82, 2.24) is 0 Å². The number of hydrogen-bond donors (Lipinski definition) is 0. The summed E-state index contributed by atoms with van der Waals surface area (Å²) in [6, 6.07) is -29.8. The van der Waals surface area contributed by atoms with Gasteiger partial charge in [0.05, 0.1) is 50.9 Å². The van der Waals surface area contributed by atoms with Crippen LogP contribution in [-0.2, 0) is 0 Å². The summed E-state index contributed by atoms with van der Waals surface area (Å²) in [6.07, 6.45) is 0. The van der Waals surface area contributed by atoms with Crippen LogP contribution < -0.4 is 4.90 Å². The van der Waals surface area contributed by atoms with Gasteiger partial charge in [-0.3, -0.25) is 0 Å². The van der Waals surface area contributed by atoms with Crippen molar-refractivity contribution in [2.45, 2.75) is 27.7 Å². The van der Waals surface area contributed by atoms with E-state index >= 15 is 0 Å². The number of rotatable bonds is 7. The first-order valence-electron chi connectivity index (χ1n) is 35.3. The zero-order chi connectivity index (χ0) is 70.6. The second kappa shape index (κ2) is 15.1. The first-order valence-corrected chi connectivity index (χ1v) is 18.8. The lowest BCUT2D eigenvalue weighted by Crippen LogP contribution is -2.10. The SMILES string of the molecule is [2H]c1c([2H])c([2H])c(-c2c([2H])c(-c3c([2H])c([2H])c([2H])c([2H])c3C)c(C)c(-c3c(C)c4c(oc5c([2H])c(N(c6c([2H])c([2H])c(-c7c([2H])c([2H])c([2H])c([2H])c7[2H])c(C)c6[2H])c6c([2H])c([2H])c([2H])c7c([2H])c([2H])c([2H])c([2H])c67)c([2H])c([2H])c54)c4c([2H])c([2H])c([2H])c([2H])c34)c2[2H])c([2H])c1[2H]. The Bertz CT molecular complexity index is 5240. The van der Waals surface area contributed by atoms with E-state index in [4.69, 9.17) is 31.8 Å². The first kappa shape index (κ1) is 16.3. The summed E-state index contributed by atoms with van der Waals surface area (Å²) in [7, 11) is 0. The maximum atomic E-state index is 10.3. The predicted octanol–water partition coefficient (Wildman–Crippen LogP) is 17.3. The number of aryl methyl sites for hydroxylation is 1. The molecule has 0 unspecified atom stereocenters. The van der Waals surface area contributed by atoms with E-state index < -0.39 is 294 Å². The highest BCUT2D eigenvalue weighted by atomic mass is 16.3. The number of nitrogens with zero attached hydrogens (tertiary/aromatic N) is 1. The summed E-state index contributed by atoms with van der Waals surface area (Å²) in [5.41, 5.74) is -9.35. The van der Waals surface area contributed by atoms with E-state index in [9.17, 15) is 17.8 Å². The number of anilines is 3. The van der Waals surface area contributed by atoms with Gasteiger partial charge in [-0.15, -0.1) is 0 Å². The van der Waals surface area contributed by atoms with E-state index in [0.717, 1.165) is 6.92 Å². The van der Waals surface area contributed by atoms with Gasteiger partial charge < -0.3 is 9.32 Å². The van der Waals surface area contributed by atoms with Crippen LogP contribution >= 0.6 is 0 Å². The van der Waals surface area contributed by atoms with Gasteiger partial charge >= 0.3 is 0 Å².